The summed E-state index contributed by atoms with van der Waals surface area (Å²) in [6, 6.07) is 2.77. The van der Waals surface area contributed by atoms with E-state index in [1.54, 1.807) is 12.5 Å². The average molecular weight is 378 g/mol. The van der Waals surface area contributed by atoms with Crippen molar-refractivity contribution in [2.45, 2.75) is 9.92 Å². The van der Waals surface area contributed by atoms with E-state index in [9.17, 15) is 9.18 Å². The Balaban J connectivity index is 2.50. The van der Waals surface area contributed by atoms with Crippen molar-refractivity contribution in [2.75, 3.05) is 12.5 Å². The van der Waals surface area contributed by atoms with Gasteiger partial charge in [0, 0.05) is 4.90 Å². The van der Waals surface area contributed by atoms with Crippen LogP contribution in [0.2, 0.25) is 10.2 Å². The molecule has 0 amide bonds. The molecular weight excluding hydrogens is 368 g/mol. The van der Waals surface area contributed by atoms with Crippen LogP contribution >= 0.6 is 35.0 Å². The lowest BCUT2D eigenvalue weighted by atomic mass is 10.3. The molecule has 1 heterocycles. The fraction of sp³-hybridized carbons (Fsp3) is 0.154. The highest BCUT2D eigenvalue weighted by Gasteiger charge is 2.14. The van der Waals surface area contributed by atoms with Gasteiger partial charge in [0.25, 0.3) is 0 Å². The van der Waals surface area contributed by atoms with E-state index < -0.39 is 15.2 Å². The van der Waals surface area contributed by atoms with E-state index in [0.717, 1.165) is 0 Å². The highest BCUT2D eigenvalue weighted by atomic mass is 35.5. The number of halogens is 3. The predicted molar refractivity (Wildman–Crippen MR) is 89.6 cm³/mol. The average Bonchev–Trinajstić information content (AvgIpc) is 2.49. The summed E-state index contributed by atoms with van der Waals surface area (Å²) in [5.41, 5.74) is -0.0445. The Labute approximate surface area is 141 Å². The third-order valence-corrected chi connectivity index (χ3v) is 5.08. The number of carbonyl (C=O) groups excluding carboxylic acids is 1. The van der Waals surface area contributed by atoms with Crippen molar-refractivity contribution < 1.29 is 9.18 Å². The first kappa shape index (κ1) is 17.2. The van der Waals surface area contributed by atoms with Crippen LogP contribution in [0.15, 0.2) is 38.8 Å². The Kier molecular flexibility index (Phi) is 5.47. The quantitative estimate of drug-likeness (QED) is 0.745. The van der Waals surface area contributed by atoms with E-state index in [2.05, 4.69) is 14.3 Å². The molecule has 0 aliphatic rings. The van der Waals surface area contributed by atoms with E-state index in [-0.39, 0.29) is 15.9 Å². The Morgan fingerprint density at radius 1 is 1.27 bits per heavy atom. The Morgan fingerprint density at radius 3 is 2.59 bits per heavy atom. The summed E-state index contributed by atoms with van der Waals surface area (Å²) in [5.74, 6) is -0.590. The molecule has 9 heteroatoms. The zero-order valence-corrected chi connectivity index (χ0v) is 14.7. The maximum Gasteiger partial charge on any atom is 0.166 e. The van der Waals surface area contributed by atoms with Crippen molar-refractivity contribution in [3.05, 3.63) is 40.5 Å². The molecule has 4 nitrogen and oxygen atoms in total. The molecule has 1 aromatic carbocycles. The third kappa shape index (κ3) is 4.21. The van der Waals surface area contributed by atoms with Crippen LogP contribution in [-0.4, -0.2) is 27.7 Å². The maximum absolute atomic E-state index is 13.9. The molecule has 0 atom stereocenters. The second-order valence-corrected chi connectivity index (χ2v) is 9.16. The minimum absolute atomic E-state index is 0.0445. The lowest BCUT2D eigenvalue weighted by Gasteiger charge is -2.08. The van der Waals surface area contributed by atoms with Gasteiger partial charge in [-0.05, 0) is 24.6 Å². The number of rotatable bonds is 3. The molecule has 0 spiro atoms. The fourth-order valence-corrected chi connectivity index (χ4v) is 3.29. The largest absolute Gasteiger partial charge is 0.245 e. The SMILES string of the molecule is CS(C)(=C=O)=Nc1c(F)ccc(Sc2cnc(Cl)cn2)c1Cl. The number of benzene rings is 1. The van der Waals surface area contributed by atoms with Crippen LogP contribution in [-0.2, 0) is 14.2 Å². The minimum Gasteiger partial charge on any atom is -0.245 e. The summed E-state index contributed by atoms with van der Waals surface area (Å²) < 4.78 is 18.0. The molecule has 0 fully saturated rings. The van der Waals surface area contributed by atoms with Crippen molar-refractivity contribution in [3.63, 3.8) is 0 Å². The van der Waals surface area contributed by atoms with Crippen LogP contribution in [0.5, 0.6) is 0 Å². The molecule has 1 aromatic heterocycles. The predicted octanol–water partition coefficient (Wildman–Crippen LogP) is 4.37. The summed E-state index contributed by atoms with van der Waals surface area (Å²) in [4.78, 5) is 19.4. The van der Waals surface area contributed by atoms with E-state index in [4.69, 9.17) is 23.2 Å². The Bertz CT molecular complexity index is 850. The van der Waals surface area contributed by atoms with Gasteiger partial charge >= 0.3 is 0 Å². The van der Waals surface area contributed by atoms with E-state index >= 15 is 0 Å². The highest BCUT2D eigenvalue weighted by molar-refractivity contribution is 8.01. The molecule has 0 unspecified atom stereocenters. The summed E-state index contributed by atoms with van der Waals surface area (Å²) in [6.07, 6.45) is 6.08. The van der Waals surface area contributed by atoms with Crippen molar-refractivity contribution >= 4 is 55.3 Å². The second kappa shape index (κ2) is 6.98. The van der Waals surface area contributed by atoms with E-state index in [0.29, 0.717) is 9.92 Å². The standard InChI is InChI=1S/C13H10Cl2FN3OS2/c1-22(2,7-20)19-13-8(16)3-4-9(12(13)15)21-11-6-17-10(14)5-18-11/h3-6H,1-2H3. The van der Waals surface area contributed by atoms with Crippen molar-refractivity contribution in [1.29, 1.82) is 0 Å². The molecule has 116 valence electrons. The topological polar surface area (TPSA) is 55.2 Å². The second-order valence-electron chi connectivity index (χ2n) is 4.44. The fourth-order valence-electron chi connectivity index (χ4n) is 1.40. The van der Waals surface area contributed by atoms with Crippen LogP contribution in [0.1, 0.15) is 0 Å². The van der Waals surface area contributed by atoms with Crippen molar-refractivity contribution in [3.8, 4) is 0 Å². The molecule has 0 bridgehead atoms. The third-order valence-electron chi connectivity index (χ3n) is 2.37. The number of hydrogen-bond acceptors (Lipinski definition) is 5. The summed E-state index contributed by atoms with van der Waals surface area (Å²) >= 11 is 13.1. The molecule has 0 saturated heterocycles. The van der Waals surface area contributed by atoms with Gasteiger partial charge in [0.1, 0.15) is 15.9 Å². The van der Waals surface area contributed by atoms with Gasteiger partial charge in [-0.15, -0.1) is 0 Å². The summed E-state index contributed by atoms with van der Waals surface area (Å²) in [5, 5.41) is 2.77. The summed E-state index contributed by atoms with van der Waals surface area (Å²) in [6.45, 7) is 0. The first-order chi connectivity index (χ1) is 10.3. The first-order valence-electron chi connectivity index (χ1n) is 5.81. The van der Waals surface area contributed by atoms with Gasteiger partial charge < -0.3 is 0 Å². The van der Waals surface area contributed by atoms with Gasteiger partial charge in [-0.3, -0.25) is 0 Å². The normalized spacial score (nSPS) is 11.1. The number of nitrogens with zero attached hydrogens (tertiary/aromatic N) is 3. The molecule has 0 radical (unpaired) electrons. The number of hydrogen-bond donors (Lipinski definition) is 0. The number of aromatic nitrogens is 2. The molecule has 0 saturated carbocycles. The van der Waals surface area contributed by atoms with Gasteiger partial charge in [-0.1, -0.05) is 44.4 Å². The minimum atomic E-state index is -2.07. The Hall–Kier alpha value is -1.11. The molecule has 22 heavy (non-hydrogen) atoms. The van der Waals surface area contributed by atoms with Crippen molar-refractivity contribution in [2.24, 2.45) is 4.36 Å². The first-order valence-corrected chi connectivity index (χ1v) is 9.79. The molecular formula is C13H10Cl2FN3OS2. The molecule has 0 N–H and O–H groups in total. The molecule has 0 aliphatic heterocycles. The van der Waals surface area contributed by atoms with Gasteiger partial charge in [0.15, 0.2) is 11.1 Å². The van der Waals surface area contributed by atoms with Crippen molar-refractivity contribution in [1.82, 2.24) is 9.97 Å². The van der Waals surface area contributed by atoms with E-state index in [1.807, 2.05) is 5.23 Å². The van der Waals surface area contributed by atoms with Gasteiger partial charge in [-0.25, -0.2) is 23.5 Å². The lowest BCUT2D eigenvalue weighted by molar-refractivity contribution is 0.571. The zero-order valence-electron chi connectivity index (χ0n) is 11.5. The van der Waals surface area contributed by atoms with Crippen LogP contribution in [0.25, 0.3) is 0 Å². The van der Waals surface area contributed by atoms with Gasteiger partial charge in [0.05, 0.1) is 17.4 Å². The zero-order chi connectivity index (χ0) is 16.3. The van der Waals surface area contributed by atoms with Crippen LogP contribution in [0.4, 0.5) is 10.1 Å². The van der Waals surface area contributed by atoms with E-state index in [1.165, 1.54) is 36.3 Å². The van der Waals surface area contributed by atoms with Crippen LogP contribution < -0.4 is 0 Å². The van der Waals surface area contributed by atoms with Crippen LogP contribution in [0.3, 0.4) is 0 Å². The molecule has 0 aliphatic carbocycles. The summed E-state index contributed by atoms with van der Waals surface area (Å²) in [7, 11) is -2.07. The molecule has 2 aromatic rings. The monoisotopic (exact) mass is 377 g/mol. The highest BCUT2D eigenvalue weighted by Crippen LogP contribution is 2.39. The Morgan fingerprint density at radius 2 is 2.00 bits per heavy atom. The van der Waals surface area contributed by atoms with Gasteiger partial charge in [-0.2, -0.15) is 0 Å². The smallest absolute Gasteiger partial charge is 0.166 e. The molecule has 2 rings (SSSR count). The lowest BCUT2D eigenvalue weighted by Crippen LogP contribution is -1.93. The van der Waals surface area contributed by atoms with Crippen LogP contribution in [0, 0.1) is 5.82 Å². The maximum atomic E-state index is 13.9. The van der Waals surface area contributed by atoms with Gasteiger partial charge in [0.2, 0.25) is 0 Å².